The number of thiazole rings is 1. The molecule has 6 nitrogen and oxygen atoms in total. The summed E-state index contributed by atoms with van der Waals surface area (Å²) < 4.78 is 12.7. The number of thioether (sulfide) groups is 1. The molecule has 0 spiro atoms. The van der Waals surface area contributed by atoms with Crippen molar-refractivity contribution in [2.24, 2.45) is 0 Å². The minimum Gasteiger partial charge on any atom is -0.493 e. The topological polar surface area (TPSA) is 66.2 Å². The maximum atomic E-state index is 12.9. The SMILES string of the molecule is C=CCn1c(SCc2csc(-c3ccc(OCC)c(OC)c3)n2)nc2ccccc2c1=O. The first kappa shape index (κ1) is 22.1. The van der Waals surface area contributed by atoms with Gasteiger partial charge in [-0.25, -0.2) is 9.97 Å². The smallest absolute Gasteiger partial charge is 0.262 e. The highest BCUT2D eigenvalue weighted by Crippen LogP contribution is 2.34. The van der Waals surface area contributed by atoms with Crippen molar-refractivity contribution in [3.8, 4) is 22.1 Å². The summed E-state index contributed by atoms with van der Waals surface area (Å²) in [6.07, 6.45) is 1.71. The van der Waals surface area contributed by atoms with E-state index in [9.17, 15) is 4.79 Å². The van der Waals surface area contributed by atoms with Gasteiger partial charge in [0.1, 0.15) is 5.01 Å². The maximum absolute atomic E-state index is 12.9. The molecule has 164 valence electrons. The largest absolute Gasteiger partial charge is 0.493 e. The van der Waals surface area contributed by atoms with Gasteiger partial charge in [-0.2, -0.15) is 0 Å². The zero-order valence-electron chi connectivity index (χ0n) is 17.9. The van der Waals surface area contributed by atoms with E-state index in [1.807, 2.05) is 48.7 Å². The molecular formula is C24H23N3O3S2. The number of ether oxygens (including phenoxy) is 2. The molecule has 0 amide bonds. The van der Waals surface area contributed by atoms with E-state index in [2.05, 4.69) is 6.58 Å². The van der Waals surface area contributed by atoms with Gasteiger partial charge in [0, 0.05) is 23.2 Å². The van der Waals surface area contributed by atoms with Crippen LogP contribution in [-0.4, -0.2) is 28.3 Å². The Labute approximate surface area is 194 Å². The van der Waals surface area contributed by atoms with E-state index in [1.54, 1.807) is 35.2 Å². The van der Waals surface area contributed by atoms with Gasteiger partial charge < -0.3 is 9.47 Å². The summed E-state index contributed by atoms with van der Waals surface area (Å²) >= 11 is 3.07. The van der Waals surface area contributed by atoms with Crippen molar-refractivity contribution >= 4 is 34.0 Å². The van der Waals surface area contributed by atoms with Crippen molar-refractivity contribution in [2.45, 2.75) is 24.4 Å². The molecular weight excluding hydrogens is 442 g/mol. The summed E-state index contributed by atoms with van der Waals surface area (Å²) in [4.78, 5) is 22.4. The molecule has 2 aromatic carbocycles. The van der Waals surface area contributed by atoms with Gasteiger partial charge in [-0.1, -0.05) is 30.0 Å². The minimum absolute atomic E-state index is 0.0570. The lowest BCUT2D eigenvalue weighted by atomic mass is 10.2. The lowest BCUT2D eigenvalue weighted by Gasteiger charge is -2.11. The Morgan fingerprint density at radius 2 is 2.03 bits per heavy atom. The van der Waals surface area contributed by atoms with Crippen molar-refractivity contribution in [1.82, 2.24) is 14.5 Å². The molecule has 0 saturated heterocycles. The normalized spacial score (nSPS) is 10.9. The molecule has 0 fully saturated rings. The number of methoxy groups -OCH3 is 1. The average molecular weight is 466 g/mol. The molecule has 0 aliphatic carbocycles. The molecule has 0 bridgehead atoms. The number of hydrogen-bond donors (Lipinski definition) is 0. The molecule has 0 unspecified atom stereocenters. The van der Waals surface area contributed by atoms with E-state index >= 15 is 0 Å². The fraction of sp³-hybridized carbons (Fsp3) is 0.208. The first-order valence-corrected chi connectivity index (χ1v) is 12.0. The van der Waals surface area contributed by atoms with E-state index in [0.717, 1.165) is 16.3 Å². The standard InChI is InChI=1S/C24H23N3O3S2/c1-4-12-27-23(28)18-8-6-7-9-19(18)26-24(27)32-15-17-14-31-22(25-17)16-10-11-20(30-5-2)21(13-16)29-3/h4,6-11,13-14H,1,5,12,15H2,2-3H3. The maximum Gasteiger partial charge on any atom is 0.262 e. The highest BCUT2D eigenvalue weighted by molar-refractivity contribution is 7.98. The summed E-state index contributed by atoms with van der Waals surface area (Å²) in [5.74, 6) is 2.00. The third kappa shape index (κ3) is 4.56. The molecule has 32 heavy (non-hydrogen) atoms. The summed E-state index contributed by atoms with van der Waals surface area (Å²) in [6.45, 7) is 6.71. The van der Waals surface area contributed by atoms with Crippen LogP contribution in [-0.2, 0) is 12.3 Å². The first-order valence-electron chi connectivity index (χ1n) is 10.1. The van der Waals surface area contributed by atoms with Crippen LogP contribution >= 0.6 is 23.1 Å². The Hall–Kier alpha value is -3.10. The molecule has 0 aliphatic heterocycles. The van der Waals surface area contributed by atoms with E-state index in [4.69, 9.17) is 19.4 Å². The minimum atomic E-state index is -0.0570. The second kappa shape index (κ2) is 10.0. The van der Waals surface area contributed by atoms with Crippen LogP contribution < -0.4 is 15.0 Å². The number of benzene rings is 2. The van der Waals surface area contributed by atoms with Gasteiger partial charge >= 0.3 is 0 Å². The van der Waals surface area contributed by atoms with Crippen LogP contribution in [0.5, 0.6) is 11.5 Å². The number of allylic oxidation sites excluding steroid dienone is 1. The Kier molecular flexibility index (Phi) is 6.92. The summed E-state index contributed by atoms with van der Waals surface area (Å²) in [7, 11) is 1.63. The Morgan fingerprint density at radius 1 is 1.19 bits per heavy atom. The van der Waals surface area contributed by atoms with E-state index < -0.39 is 0 Å². The Morgan fingerprint density at radius 3 is 2.81 bits per heavy atom. The van der Waals surface area contributed by atoms with Crippen molar-refractivity contribution in [1.29, 1.82) is 0 Å². The second-order valence-electron chi connectivity index (χ2n) is 6.85. The molecule has 0 atom stereocenters. The highest BCUT2D eigenvalue weighted by atomic mass is 32.2. The van der Waals surface area contributed by atoms with E-state index in [0.29, 0.717) is 46.5 Å². The number of fused-ring (bicyclic) bond motifs is 1. The number of aromatic nitrogens is 3. The molecule has 2 aromatic heterocycles. The summed E-state index contributed by atoms with van der Waals surface area (Å²) in [6, 6.07) is 13.2. The predicted molar refractivity (Wildman–Crippen MR) is 131 cm³/mol. The summed E-state index contributed by atoms with van der Waals surface area (Å²) in [5, 5.41) is 4.20. The van der Waals surface area contributed by atoms with Gasteiger partial charge in [-0.15, -0.1) is 17.9 Å². The van der Waals surface area contributed by atoms with Crippen LogP contribution in [0.1, 0.15) is 12.6 Å². The van der Waals surface area contributed by atoms with E-state index in [1.165, 1.54) is 11.8 Å². The number of para-hydroxylation sites is 1. The highest BCUT2D eigenvalue weighted by Gasteiger charge is 2.13. The monoisotopic (exact) mass is 465 g/mol. The van der Waals surface area contributed by atoms with Gasteiger partial charge in [-0.05, 0) is 37.3 Å². The Bertz CT molecular complexity index is 1310. The molecule has 8 heteroatoms. The summed E-state index contributed by atoms with van der Waals surface area (Å²) in [5.41, 5.74) is 2.54. The quantitative estimate of drug-likeness (QED) is 0.187. The van der Waals surface area contributed by atoms with Crippen LogP contribution in [0.25, 0.3) is 21.5 Å². The molecule has 0 saturated carbocycles. The van der Waals surface area contributed by atoms with Crippen LogP contribution in [0.2, 0.25) is 0 Å². The second-order valence-corrected chi connectivity index (χ2v) is 8.65. The van der Waals surface area contributed by atoms with Crippen LogP contribution in [0.4, 0.5) is 0 Å². The van der Waals surface area contributed by atoms with Crippen molar-refractivity contribution in [3.63, 3.8) is 0 Å². The van der Waals surface area contributed by atoms with Crippen molar-refractivity contribution < 1.29 is 9.47 Å². The third-order valence-electron chi connectivity index (χ3n) is 4.75. The number of nitrogens with zero attached hydrogens (tertiary/aromatic N) is 3. The van der Waals surface area contributed by atoms with Crippen LogP contribution in [0.15, 0.2) is 70.5 Å². The van der Waals surface area contributed by atoms with Crippen molar-refractivity contribution in [3.05, 3.63) is 76.5 Å². The molecule has 2 heterocycles. The number of rotatable bonds is 9. The lowest BCUT2D eigenvalue weighted by Crippen LogP contribution is -2.22. The van der Waals surface area contributed by atoms with Gasteiger partial charge in [0.15, 0.2) is 16.7 Å². The fourth-order valence-corrected chi connectivity index (χ4v) is 5.09. The fourth-order valence-electron chi connectivity index (χ4n) is 3.27. The zero-order chi connectivity index (χ0) is 22.5. The van der Waals surface area contributed by atoms with Gasteiger partial charge in [0.25, 0.3) is 5.56 Å². The average Bonchev–Trinajstić information content (AvgIpc) is 3.29. The van der Waals surface area contributed by atoms with Crippen LogP contribution in [0, 0.1) is 0 Å². The molecule has 0 N–H and O–H groups in total. The zero-order valence-corrected chi connectivity index (χ0v) is 19.5. The van der Waals surface area contributed by atoms with Gasteiger partial charge in [0.05, 0.1) is 30.3 Å². The Balaban J connectivity index is 1.57. The van der Waals surface area contributed by atoms with Crippen molar-refractivity contribution in [2.75, 3.05) is 13.7 Å². The number of hydrogen-bond acceptors (Lipinski definition) is 7. The molecule has 0 aliphatic rings. The molecule has 0 radical (unpaired) electrons. The van der Waals surface area contributed by atoms with E-state index in [-0.39, 0.29) is 5.56 Å². The van der Waals surface area contributed by atoms with Gasteiger partial charge in [0.2, 0.25) is 0 Å². The third-order valence-corrected chi connectivity index (χ3v) is 6.70. The van der Waals surface area contributed by atoms with Crippen LogP contribution in [0.3, 0.4) is 0 Å². The first-order chi connectivity index (χ1) is 15.6. The molecule has 4 aromatic rings. The predicted octanol–water partition coefficient (Wildman–Crippen LogP) is 5.41. The molecule has 4 rings (SSSR count). The van der Waals surface area contributed by atoms with Gasteiger partial charge in [-0.3, -0.25) is 9.36 Å². The lowest BCUT2D eigenvalue weighted by molar-refractivity contribution is 0.311.